The van der Waals surface area contributed by atoms with Gasteiger partial charge in [0.2, 0.25) is 0 Å². The van der Waals surface area contributed by atoms with Gasteiger partial charge in [-0.15, -0.1) is 0 Å². The highest BCUT2D eigenvalue weighted by atomic mass is 19.1. The maximum absolute atomic E-state index is 14.0. The highest BCUT2D eigenvalue weighted by Gasteiger charge is 2.22. The molecule has 4 rings (SSSR count). The molecule has 0 spiro atoms. The van der Waals surface area contributed by atoms with Crippen LogP contribution in [-0.2, 0) is 6.54 Å². The number of rotatable bonds is 8. The van der Waals surface area contributed by atoms with E-state index in [2.05, 4.69) is 53.9 Å². The third kappa shape index (κ3) is 5.30. The largest absolute Gasteiger partial charge is 0.497 e. The van der Waals surface area contributed by atoms with Crippen LogP contribution in [0.4, 0.5) is 15.9 Å². The van der Waals surface area contributed by atoms with Crippen LogP contribution in [0.25, 0.3) is 10.9 Å². The van der Waals surface area contributed by atoms with Crippen molar-refractivity contribution in [1.29, 1.82) is 0 Å². The Morgan fingerprint density at radius 1 is 1.06 bits per heavy atom. The predicted molar refractivity (Wildman–Crippen MR) is 130 cm³/mol. The molecule has 5 nitrogen and oxygen atoms in total. The number of nitrogens with one attached hydrogen (secondary N) is 2. The fraction of sp³-hybridized carbons (Fsp3) is 0.423. The van der Waals surface area contributed by atoms with Crippen LogP contribution in [-0.4, -0.2) is 38.8 Å². The summed E-state index contributed by atoms with van der Waals surface area (Å²) in [5, 5.41) is 8.28. The Hall–Kier alpha value is -2.86. The fourth-order valence-corrected chi connectivity index (χ4v) is 4.55. The maximum atomic E-state index is 14.0. The lowest BCUT2D eigenvalue weighted by Gasteiger charge is -2.30. The van der Waals surface area contributed by atoms with E-state index in [9.17, 15) is 4.39 Å². The Bertz CT molecular complexity index is 1050. The minimum Gasteiger partial charge on any atom is -0.497 e. The number of ether oxygens (including phenoxy) is 1. The number of hydrogen-bond donors (Lipinski definition) is 2. The topological polar surface area (TPSA) is 49.4 Å². The van der Waals surface area contributed by atoms with Crippen LogP contribution in [0, 0.1) is 11.7 Å². The second-order valence-electron chi connectivity index (χ2n) is 8.89. The van der Waals surface area contributed by atoms with Gasteiger partial charge in [-0.3, -0.25) is 0 Å². The van der Waals surface area contributed by atoms with Gasteiger partial charge in [0.1, 0.15) is 17.4 Å². The summed E-state index contributed by atoms with van der Waals surface area (Å²) in [6.45, 7) is 1.43. The molecule has 1 aliphatic carbocycles. The van der Waals surface area contributed by atoms with Crippen molar-refractivity contribution >= 4 is 22.4 Å². The molecule has 3 aromatic rings. The van der Waals surface area contributed by atoms with Crippen molar-refractivity contribution in [1.82, 2.24) is 10.3 Å². The van der Waals surface area contributed by atoms with Gasteiger partial charge in [0, 0.05) is 49.4 Å². The molecule has 0 radical (unpaired) electrons. The van der Waals surface area contributed by atoms with Crippen molar-refractivity contribution in [2.45, 2.75) is 38.3 Å². The van der Waals surface area contributed by atoms with Crippen molar-refractivity contribution in [3.63, 3.8) is 0 Å². The third-order valence-electron chi connectivity index (χ3n) is 6.38. The Morgan fingerprint density at radius 3 is 2.59 bits per heavy atom. The average molecular weight is 437 g/mol. The Balaban J connectivity index is 1.29. The van der Waals surface area contributed by atoms with Gasteiger partial charge in [0.15, 0.2) is 0 Å². The van der Waals surface area contributed by atoms with Gasteiger partial charge in [0.05, 0.1) is 12.6 Å². The molecule has 1 aromatic heterocycles. The number of methoxy groups -OCH3 is 1. The van der Waals surface area contributed by atoms with E-state index in [1.165, 1.54) is 17.1 Å². The van der Waals surface area contributed by atoms with Crippen molar-refractivity contribution in [3.05, 3.63) is 59.9 Å². The second kappa shape index (κ2) is 10.2. The highest BCUT2D eigenvalue weighted by molar-refractivity contribution is 5.93. The van der Waals surface area contributed by atoms with Gasteiger partial charge in [0.25, 0.3) is 0 Å². The summed E-state index contributed by atoms with van der Waals surface area (Å²) in [6, 6.07) is 15.8. The predicted octanol–water partition coefficient (Wildman–Crippen LogP) is 5.21. The number of para-hydroxylation sites is 1. The first-order valence-corrected chi connectivity index (χ1v) is 11.4. The average Bonchev–Trinajstić information content (AvgIpc) is 2.81. The number of benzene rings is 2. The molecule has 0 bridgehead atoms. The van der Waals surface area contributed by atoms with Gasteiger partial charge in [-0.1, -0.05) is 18.2 Å². The summed E-state index contributed by atoms with van der Waals surface area (Å²) in [4.78, 5) is 6.98. The number of pyridine rings is 1. The number of aromatic nitrogens is 1. The first-order valence-electron chi connectivity index (χ1n) is 11.4. The van der Waals surface area contributed by atoms with E-state index in [-0.39, 0.29) is 5.82 Å². The molecular formula is C26H33FN4O. The lowest BCUT2D eigenvalue weighted by atomic mass is 9.86. The normalized spacial score (nSPS) is 18.5. The van der Waals surface area contributed by atoms with E-state index < -0.39 is 0 Å². The smallest absolute Gasteiger partial charge is 0.128 e. The van der Waals surface area contributed by atoms with Crippen LogP contribution >= 0.6 is 0 Å². The molecule has 0 aliphatic heterocycles. The standard InChI is InChI=1S/C26H33FN4O/c1-31(2)25-15-26(30-24-7-5-4-6-22(24)25)29-20-10-8-18(9-11-20)16-28-17-19-14-21(32-3)12-13-23(19)27/h4-7,12-15,18,20,28H,8-11,16-17H2,1-3H3,(H,29,30)/t18-,20+. The number of anilines is 2. The Kier molecular flexibility index (Phi) is 7.10. The van der Waals surface area contributed by atoms with Crippen LogP contribution in [0.15, 0.2) is 48.5 Å². The van der Waals surface area contributed by atoms with E-state index >= 15 is 0 Å². The fourth-order valence-electron chi connectivity index (χ4n) is 4.55. The molecule has 0 amide bonds. The number of nitrogens with zero attached hydrogens (tertiary/aromatic N) is 2. The van der Waals surface area contributed by atoms with Crippen molar-refractivity contribution in [3.8, 4) is 5.75 Å². The van der Waals surface area contributed by atoms with E-state index in [1.54, 1.807) is 19.2 Å². The van der Waals surface area contributed by atoms with Gasteiger partial charge in [-0.2, -0.15) is 0 Å². The SMILES string of the molecule is COc1ccc(F)c(CNC[C@H]2CC[C@@H](Nc3cc(N(C)C)c4ccccc4n3)CC2)c1. The quantitative estimate of drug-likeness (QED) is 0.508. The zero-order valence-corrected chi connectivity index (χ0v) is 19.2. The van der Waals surface area contributed by atoms with Crippen molar-refractivity contribution in [2.75, 3.05) is 38.0 Å². The van der Waals surface area contributed by atoms with Gasteiger partial charge in [-0.05, 0) is 62.4 Å². The minimum absolute atomic E-state index is 0.189. The minimum atomic E-state index is -0.189. The molecule has 1 saturated carbocycles. The van der Waals surface area contributed by atoms with E-state index in [0.29, 0.717) is 29.8 Å². The number of hydrogen-bond acceptors (Lipinski definition) is 5. The molecule has 6 heteroatoms. The van der Waals surface area contributed by atoms with E-state index in [4.69, 9.17) is 9.72 Å². The second-order valence-corrected chi connectivity index (χ2v) is 8.89. The van der Waals surface area contributed by atoms with Gasteiger partial charge in [-0.25, -0.2) is 9.37 Å². The van der Waals surface area contributed by atoms with E-state index in [1.807, 2.05) is 6.07 Å². The molecule has 1 aliphatic rings. The summed E-state index contributed by atoms with van der Waals surface area (Å²) >= 11 is 0. The molecule has 1 heterocycles. The van der Waals surface area contributed by atoms with Crippen LogP contribution in [0.5, 0.6) is 5.75 Å². The Morgan fingerprint density at radius 2 is 1.84 bits per heavy atom. The molecule has 0 atom stereocenters. The van der Waals surface area contributed by atoms with Crippen LogP contribution in [0.2, 0.25) is 0 Å². The zero-order valence-electron chi connectivity index (χ0n) is 19.2. The Labute approximate surface area is 190 Å². The summed E-state index contributed by atoms with van der Waals surface area (Å²) in [5.41, 5.74) is 2.85. The lowest BCUT2D eigenvalue weighted by Crippen LogP contribution is -2.31. The van der Waals surface area contributed by atoms with Crippen LogP contribution in [0.3, 0.4) is 0 Å². The maximum Gasteiger partial charge on any atom is 0.128 e. The highest BCUT2D eigenvalue weighted by Crippen LogP contribution is 2.30. The summed E-state index contributed by atoms with van der Waals surface area (Å²) in [7, 11) is 5.74. The first-order chi connectivity index (χ1) is 15.5. The first kappa shape index (κ1) is 22.3. The monoisotopic (exact) mass is 436 g/mol. The molecule has 2 aromatic carbocycles. The van der Waals surface area contributed by atoms with Crippen LogP contribution < -0.4 is 20.3 Å². The van der Waals surface area contributed by atoms with Crippen molar-refractivity contribution < 1.29 is 9.13 Å². The lowest BCUT2D eigenvalue weighted by molar-refractivity contribution is 0.323. The third-order valence-corrected chi connectivity index (χ3v) is 6.38. The molecule has 0 unspecified atom stereocenters. The molecular weight excluding hydrogens is 403 g/mol. The summed E-state index contributed by atoms with van der Waals surface area (Å²) < 4.78 is 19.2. The van der Waals surface area contributed by atoms with E-state index in [0.717, 1.165) is 43.6 Å². The van der Waals surface area contributed by atoms with Gasteiger partial charge < -0.3 is 20.3 Å². The summed E-state index contributed by atoms with van der Waals surface area (Å²) in [6.07, 6.45) is 4.54. The molecule has 2 N–H and O–H groups in total. The molecule has 0 saturated heterocycles. The molecule has 32 heavy (non-hydrogen) atoms. The van der Waals surface area contributed by atoms with Crippen LogP contribution in [0.1, 0.15) is 31.2 Å². The summed E-state index contributed by atoms with van der Waals surface area (Å²) in [5.74, 6) is 2.06. The zero-order chi connectivity index (χ0) is 22.5. The number of fused-ring (bicyclic) bond motifs is 1. The van der Waals surface area contributed by atoms with Gasteiger partial charge >= 0.3 is 0 Å². The molecule has 1 fully saturated rings. The van der Waals surface area contributed by atoms with Crippen molar-refractivity contribution in [2.24, 2.45) is 5.92 Å². The molecule has 170 valence electrons. The number of halogens is 1.